The first-order chi connectivity index (χ1) is 18.9. The van der Waals surface area contributed by atoms with E-state index < -0.39 is 5.41 Å². The van der Waals surface area contributed by atoms with Gasteiger partial charge in [0.1, 0.15) is 0 Å². The lowest BCUT2D eigenvalue weighted by Crippen LogP contribution is -2.28. The number of aromatic nitrogens is 3. The molecule has 4 aromatic carbocycles. The minimum atomic E-state index is -0.515. The van der Waals surface area contributed by atoms with E-state index in [-0.39, 0.29) is 0 Å². The van der Waals surface area contributed by atoms with Crippen molar-refractivity contribution in [1.29, 1.82) is 0 Å². The molecule has 0 N–H and O–H groups in total. The molecule has 3 heteroatoms. The van der Waals surface area contributed by atoms with Crippen LogP contribution in [-0.4, -0.2) is 14.5 Å². The molecule has 1 aliphatic rings. The first-order valence-electron chi connectivity index (χ1n) is 12.9. The lowest BCUT2D eigenvalue weighted by molar-refractivity contribution is 0.766. The molecule has 8 rings (SSSR count). The summed E-state index contributed by atoms with van der Waals surface area (Å²) in [5, 5.41) is 2.48. The van der Waals surface area contributed by atoms with Crippen molar-refractivity contribution in [2.75, 3.05) is 0 Å². The van der Waals surface area contributed by atoms with Gasteiger partial charge in [-0.05, 0) is 64.7 Å². The highest BCUT2D eigenvalue weighted by Gasteiger charge is 2.47. The van der Waals surface area contributed by atoms with E-state index in [0.717, 1.165) is 17.1 Å². The number of rotatable bonds is 3. The average Bonchev–Trinajstić information content (AvgIpc) is 3.49. The first kappa shape index (κ1) is 21.1. The Morgan fingerprint density at radius 3 is 1.79 bits per heavy atom. The second-order valence-corrected chi connectivity index (χ2v) is 9.84. The van der Waals surface area contributed by atoms with Crippen molar-refractivity contribution >= 4 is 21.8 Å². The number of pyridine rings is 2. The molecule has 0 radical (unpaired) electrons. The second kappa shape index (κ2) is 7.99. The number of hydrogen-bond acceptors (Lipinski definition) is 2. The van der Waals surface area contributed by atoms with E-state index in [2.05, 4.69) is 120 Å². The van der Waals surface area contributed by atoms with E-state index in [9.17, 15) is 0 Å². The van der Waals surface area contributed by atoms with E-state index in [0.29, 0.717) is 0 Å². The molecule has 0 fully saturated rings. The molecule has 0 saturated carbocycles. The lowest BCUT2D eigenvalue weighted by Gasteiger charge is -2.33. The van der Waals surface area contributed by atoms with Gasteiger partial charge in [-0.1, -0.05) is 84.9 Å². The SMILES string of the molecule is c1ccc(-n2c3ccccc3c3cc(C4(c5ccccc5)c5cccnc5-c5ncccc54)ccc32)cc1. The number of benzene rings is 4. The summed E-state index contributed by atoms with van der Waals surface area (Å²) in [6.07, 6.45) is 3.74. The summed E-state index contributed by atoms with van der Waals surface area (Å²) in [7, 11) is 0. The van der Waals surface area contributed by atoms with Gasteiger partial charge in [0.2, 0.25) is 0 Å². The molecule has 3 aromatic heterocycles. The third-order valence-electron chi connectivity index (χ3n) is 7.97. The molecule has 0 saturated heterocycles. The van der Waals surface area contributed by atoms with Crippen molar-refractivity contribution in [2.45, 2.75) is 5.41 Å². The normalized spacial score (nSPS) is 13.5. The average molecular weight is 486 g/mol. The zero-order chi connectivity index (χ0) is 25.1. The van der Waals surface area contributed by atoms with Crippen LogP contribution in [0.2, 0.25) is 0 Å². The van der Waals surface area contributed by atoms with Crippen LogP contribution in [-0.2, 0) is 5.41 Å². The quantitative estimate of drug-likeness (QED) is 0.254. The number of nitrogens with zero attached hydrogens (tertiary/aromatic N) is 3. The smallest absolute Gasteiger partial charge is 0.0937 e. The molecular formula is C35H23N3. The van der Waals surface area contributed by atoms with Crippen LogP contribution >= 0.6 is 0 Å². The van der Waals surface area contributed by atoms with Crippen molar-refractivity contribution in [2.24, 2.45) is 0 Å². The summed E-state index contributed by atoms with van der Waals surface area (Å²) < 4.78 is 2.36. The fraction of sp³-hybridized carbons (Fsp3) is 0.0286. The summed E-state index contributed by atoms with van der Waals surface area (Å²) in [5.41, 5.74) is 9.73. The van der Waals surface area contributed by atoms with Gasteiger partial charge in [0, 0.05) is 28.9 Å². The summed E-state index contributed by atoms with van der Waals surface area (Å²) in [6, 6.07) is 45.6. The molecular weight excluding hydrogens is 462 g/mol. The zero-order valence-corrected chi connectivity index (χ0v) is 20.6. The molecule has 0 amide bonds. The zero-order valence-electron chi connectivity index (χ0n) is 20.6. The summed E-state index contributed by atoms with van der Waals surface area (Å²) in [6.45, 7) is 0. The van der Waals surface area contributed by atoms with Gasteiger partial charge in [-0.2, -0.15) is 0 Å². The fourth-order valence-electron chi connectivity index (χ4n) is 6.48. The van der Waals surface area contributed by atoms with Gasteiger partial charge >= 0.3 is 0 Å². The molecule has 0 unspecified atom stereocenters. The van der Waals surface area contributed by atoms with Crippen molar-refractivity contribution in [3.8, 4) is 17.1 Å². The van der Waals surface area contributed by atoms with Crippen LogP contribution < -0.4 is 0 Å². The highest BCUT2D eigenvalue weighted by molar-refractivity contribution is 6.09. The molecule has 38 heavy (non-hydrogen) atoms. The highest BCUT2D eigenvalue weighted by atomic mass is 15.0. The Labute approximate surface area is 220 Å². The molecule has 0 aliphatic heterocycles. The Kier molecular flexibility index (Phi) is 4.44. The topological polar surface area (TPSA) is 30.7 Å². The predicted molar refractivity (Wildman–Crippen MR) is 154 cm³/mol. The van der Waals surface area contributed by atoms with Gasteiger partial charge < -0.3 is 4.57 Å². The van der Waals surface area contributed by atoms with E-state index in [4.69, 9.17) is 9.97 Å². The Hall–Kier alpha value is -5.02. The molecule has 3 nitrogen and oxygen atoms in total. The minimum Gasteiger partial charge on any atom is -0.309 e. The maximum Gasteiger partial charge on any atom is 0.0937 e. The van der Waals surface area contributed by atoms with Crippen molar-refractivity contribution in [3.05, 3.63) is 162 Å². The molecule has 1 aliphatic carbocycles. The molecule has 0 spiro atoms. The Morgan fingerprint density at radius 1 is 0.474 bits per heavy atom. The van der Waals surface area contributed by atoms with Gasteiger partial charge in [0.05, 0.1) is 27.8 Å². The molecule has 3 heterocycles. The highest BCUT2D eigenvalue weighted by Crippen LogP contribution is 2.55. The maximum atomic E-state index is 4.84. The van der Waals surface area contributed by atoms with Gasteiger partial charge in [0.25, 0.3) is 0 Å². The van der Waals surface area contributed by atoms with E-state index in [1.165, 1.54) is 44.1 Å². The molecule has 178 valence electrons. The lowest BCUT2D eigenvalue weighted by atomic mass is 9.68. The molecule has 0 bridgehead atoms. The largest absolute Gasteiger partial charge is 0.309 e. The van der Waals surface area contributed by atoms with Gasteiger partial charge in [-0.3, -0.25) is 9.97 Å². The number of fused-ring (bicyclic) bond motifs is 6. The maximum absolute atomic E-state index is 4.84. The van der Waals surface area contributed by atoms with Crippen molar-refractivity contribution < 1.29 is 0 Å². The van der Waals surface area contributed by atoms with Crippen molar-refractivity contribution in [1.82, 2.24) is 14.5 Å². The number of hydrogen-bond donors (Lipinski definition) is 0. The molecule has 7 aromatic rings. The van der Waals surface area contributed by atoms with Crippen LogP contribution in [0.3, 0.4) is 0 Å². The Bertz CT molecular complexity index is 1920. The first-order valence-corrected chi connectivity index (χ1v) is 12.9. The summed E-state index contributed by atoms with van der Waals surface area (Å²) in [5.74, 6) is 0. The summed E-state index contributed by atoms with van der Waals surface area (Å²) >= 11 is 0. The van der Waals surface area contributed by atoms with Gasteiger partial charge in [-0.15, -0.1) is 0 Å². The summed E-state index contributed by atoms with van der Waals surface area (Å²) in [4.78, 5) is 9.67. The van der Waals surface area contributed by atoms with Crippen molar-refractivity contribution in [3.63, 3.8) is 0 Å². The van der Waals surface area contributed by atoms with Crippen LogP contribution in [0.1, 0.15) is 22.3 Å². The second-order valence-electron chi connectivity index (χ2n) is 9.84. The predicted octanol–water partition coefficient (Wildman–Crippen LogP) is 7.94. The van der Waals surface area contributed by atoms with Crippen LogP contribution in [0, 0.1) is 0 Å². The standard InChI is InChI=1S/C35H23N3/c1-3-11-24(12-4-1)35(29-16-9-21-36-33(29)34-30(35)17-10-22-37-34)25-19-20-32-28(23-25)27-15-7-8-18-31(27)38(32)26-13-5-2-6-14-26/h1-23H. The number of para-hydroxylation sites is 2. The van der Waals surface area contributed by atoms with E-state index >= 15 is 0 Å². The van der Waals surface area contributed by atoms with Gasteiger partial charge in [-0.25, -0.2) is 0 Å². The van der Waals surface area contributed by atoms with E-state index in [1.54, 1.807) is 0 Å². The van der Waals surface area contributed by atoms with Crippen LogP contribution in [0.5, 0.6) is 0 Å². The van der Waals surface area contributed by atoms with Gasteiger partial charge in [0.15, 0.2) is 0 Å². The van der Waals surface area contributed by atoms with E-state index in [1.807, 2.05) is 24.5 Å². The Morgan fingerprint density at radius 2 is 1.08 bits per heavy atom. The fourth-order valence-corrected chi connectivity index (χ4v) is 6.48. The third-order valence-corrected chi connectivity index (χ3v) is 7.97. The molecule has 0 atom stereocenters. The van der Waals surface area contributed by atoms with Crippen LogP contribution in [0.4, 0.5) is 0 Å². The minimum absolute atomic E-state index is 0.515. The van der Waals surface area contributed by atoms with Crippen LogP contribution in [0.15, 0.2) is 140 Å². The van der Waals surface area contributed by atoms with Crippen LogP contribution in [0.25, 0.3) is 38.9 Å². The monoisotopic (exact) mass is 485 g/mol. The third kappa shape index (κ3) is 2.73. The Balaban J connectivity index is 1.51.